The first kappa shape index (κ1) is 14.2. The Balaban J connectivity index is 1.86. The van der Waals surface area contributed by atoms with E-state index in [9.17, 15) is 18.4 Å². The fourth-order valence-electron chi connectivity index (χ4n) is 2.43. The minimum absolute atomic E-state index is 0.0222. The van der Waals surface area contributed by atoms with E-state index in [1.165, 1.54) is 42.5 Å². The lowest BCUT2D eigenvalue weighted by atomic mass is 9.89. The zero-order valence-corrected chi connectivity index (χ0v) is 11.4. The van der Waals surface area contributed by atoms with Crippen LogP contribution >= 0.6 is 0 Å². The SMILES string of the molecule is O=C1CC(C(=O)Nc2ccc(F)cc2)c2ccc(F)cc2N1. The number of carbonyl (C=O) groups excluding carboxylic acids is 2. The predicted octanol–water partition coefficient (Wildman–Crippen LogP) is 3.03. The summed E-state index contributed by atoms with van der Waals surface area (Å²) in [5.41, 5.74) is 1.29. The number of benzene rings is 2. The summed E-state index contributed by atoms with van der Waals surface area (Å²) < 4.78 is 26.1. The van der Waals surface area contributed by atoms with Crippen LogP contribution in [0.5, 0.6) is 0 Å². The molecule has 1 heterocycles. The standard InChI is InChI=1S/C16H12F2N2O2/c17-9-1-4-11(5-2-9)19-16(22)13-8-15(21)20-14-7-10(18)3-6-12(13)14/h1-7,13H,8H2,(H,19,22)(H,20,21). The number of hydrogen-bond acceptors (Lipinski definition) is 2. The van der Waals surface area contributed by atoms with Gasteiger partial charge in [-0.3, -0.25) is 9.59 Å². The Labute approximate surface area is 125 Å². The number of anilines is 2. The molecule has 112 valence electrons. The fraction of sp³-hybridized carbons (Fsp3) is 0.125. The van der Waals surface area contributed by atoms with Gasteiger partial charge in [0.1, 0.15) is 11.6 Å². The van der Waals surface area contributed by atoms with Crippen LogP contribution in [0.2, 0.25) is 0 Å². The third kappa shape index (κ3) is 2.81. The van der Waals surface area contributed by atoms with Crippen LogP contribution in [0.4, 0.5) is 20.2 Å². The van der Waals surface area contributed by atoms with E-state index in [0.29, 0.717) is 16.9 Å². The average molecular weight is 302 g/mol. The quantitative estimate of drug-likeness (QED) is 0.896. The molecule has 0 bridgehead atoms. The maximum Gasteiger partial charge on any atom is 0.232 e. The Bertz CT molecular complexity index is 744. The third-order valence-electron chi connectivity index (χ3n) is 3.48. The van der Waals surface area contributed by atoms with Crippen molar-refractivity contribution in [2.75, 3.05) is 10.6 Å². The molecular formula is C16H12F2N2O2. The molecule has 0 spiro atoms. The Morgan fingerprint density at radius 3 is 2.50 bits per heavy atom. The van der Waals surface area contributed by atoms with Crippen molar-refractivity contribution in [2.24, 2.45) is 0 Å². The molecule has 2 amide bonds. The molecule has 22 heavy (non-hydrogen) atoms. The van der Waals surface area contributed by atoms with Gasteiger partial charge in [-0.15, -0.1) is 0 Å². The van der Waals surface area contributed by atoms with E-state index < -0.39 is 23.5 Å². The van der Waals surface area contributed by atoms with Crippen LogP contribution in [0.1, 0.15) is 17.9 Å². The van der Waals surface area contributed by atoms with Crippen LogP contribution in [-0.2, 0) is 9.59 Å². The van der Waals surface area contributed by atoms with Crippen molar-refractivity contribution in [1.82, 2.24) is 0 Å². The van der Waals surface area contributed by atoms with E-state index >= 15 is 0 Å². The molecule has 6 heteroatoms. The molecule has 1 atom stereocenters. The monoisotopic (exact) mass is 302 g/mol. The largest absolute Gasteiger partial charge is 0.326 e. The number of carbonyl (C=O) groups is 2. The molecule has 2 N–H and O–H groups in total. The highest BCUT2D eigenvalue weighted by atomic mass is 19.1. The normalized spacial score (nSPS) is 16.6. The Kier molecular flexibility index (Phi) is 3.58. The van der Waals surface area contributed by atoms with Gasteiger partial charge in [-0.1, -0.05) is 6.07 Å². The molecule has 0 aromatic heterocycles. The lowest BCUT2D eigenvalue weighted by Gasteiger charge is -2.24. The van der Waals surface area contributed by atoms with Crippen LogP contribution in [0.25, 0.3) is 0 Å². The lowest BCUT2D eigenvalue weighted by Crippen LogP contribution is -2.30. The van der Waals surface area contributed by atoms with Crippen LogP contribution in [0.3, 0.4) is 0 Å². The average Bonchev–Trinajstić information content (AvgIpc) is 2.48. The molecule has 1 unspecified atom stereocenters. The highest BCUT2D eigenvalue weighted by Gasteiger charge is 2.30. The fourth-order valence-corrected chi connectivity index (χ4v) is 2.43. The molecule has 3 rings (SSSR count). The summed E-state index contributed by atoms with van der Waals surface area (Å²) in [5.74, 6) is -2.35. The van der Waals surface area contributed by atoms with Crippen LogP contribution in [0, 0.1) is 11.6 Å². The van der Waals surface area contributed by atoms with Crippen LogP contribution < -0.4 is 10.6 Å². The van der Waals surface area contributed by atoms with Gasteiger partial charge in [0.05, 0.1) is 5.92 Å². The van der Waals surface area contributed by atoms with E-state index in [1.54, 1.807) is 0 Å². The second-order valence-electron chi connectivity index (χ2n) is 5.03. The second kappa shape index (κ2) is 5.55. The van der Waals surface area contributed by atoms with Crippen molar-refractivity contribution in [2.45, 2.75) is 12.3 Å². The number of fused-ring (bicyclic) bond motifs is 1. The molecule has 1 aliphatic rings. The molecule has 0 saturated carbocycles. The van der Waals surface area contributed by atoms with Crippen molar-refractivity contribution >= 4 is 23.2 Å². The number of halogens is 2. The highest BCUT2D eigenvalue weighted by Crippen LogP contribution is 2.33. The summed E-state index contributed by atoms with van der Waals surface area (Å²) in [7, 11) is 0. The Morgan fingerprint density at radius 2 is 1.77 bits per heavy atom. The van der Waals surface area contributed by atoms with Crippen LogP contribution in [-0.4, -0.2) is 11.8 Å². The third-order valence-corrected chi connectivity index (χ3v) is 3.48. The van der Waals surface area contributed by atoms with Gasteiger partial charge in [-0.2, -0.15) is 0 Å². The van der Waals surface area contributed by atoms with Crippen molar-refractivity contribution in [3.05, 3.63) is 59.7 Å². The van der Waals surface area contributed by atoms with E-state index in [2.05, 4.69) is 10.6 Å². The minimum Gasteiger partial charge on any atom is -0.326 e. The van der Waals surface area contributed by atoms with Gasteiger partial charge < -0.3 is 10.6 Å². The first-order chi connectivity index (χ1) is 10.5. The molecule has 0 aliphatic carbocycles. The van der Waals surface area contributed by atoms with Gasteiger partial charge in [0.25, 0.3) is 0 Å². The molecule has 0 fully saturated rings. The van der Waals surface area contributed by atoms with Gasteiger partial charge in [-0.25, -0.2) is 8.78 Å². The predicted molar refractivity (Wildman–Crippen MR) is 77.4 cm³/mol. The zero-order valence-electron chi connectivity index (χ0n) is 11.4. The first-order valence-corrected chi connectivity index (χ1v) is 6.68. The van der Waals surface area contributed by atoms with Gasteiger partial charge >= 0.3 is 0 Å². The van der Waals surface area contributed by atoms with Crippen molar-refractivity contribution in [3.63, 3.8) is 0 Å². The van der Waals surface area contributed by atoms with E-state index in [0.717, 1.165) is 0 Å². The summed E-state index contributed by atoms with van der Waals surface area (Å²) in [6, 6.07) is 9.24. The van der Waals surface area contributed by atoms with Crippen molar-refractivity contribution < 1.29 is 18.4 Å². The van der Waals surface area contributed by atoms with Crippen molar-refractivity contribution in [1.29, 1.82) is 0 Å². The molecule has 1 aliphatic heterocycles. The Morgan fingerprint density at radius 1 is 1.09 bits per heavy atom. The van der Waals surface area contributed by atoms with Crippen LogP contribution in [0.15, 0.2) is 42.5 Å². The summed E-state index contributed by atoms with van der Waals surface area (Å²) in [6.45, 7) is 0. The molecular weight excluding hydrogens is 290 g/mol. The number of amides is 2. The second-order valence-corrected chi connectivity index (χ2v) is 5.03. The highest BCUT2D eigenvalue weighted by molar-refractivity contribution is 6.05. The smallest absolute Gasteiger partial charge is 0.232 e. The van der Waals surface area contributed by atoms with E-state index in [4.69, 9.17) is 0 Å². The molecule has 2 aromatic carbocycles. The Hall–Kier alpha value is -2.76. The molecule has 0 saturated heterocycles. The number of rotatable bonds is 2. The summed E-state index contributed by atoms with van der Waals surface area (Å²) in [4.78, 5) is 24.1. The van der Waals surface area contributed by atoms with E-state index in [1.807, 2.05) is 0 Å². The zero-order chi connectivity index (χ0) is 15.7. The van der Waals surface area contributed by atoms with Crippen molar-refractivity contribution in [3.8, 4) is 0 Å². The van der Waals surface area contributed by atoms with Gasteiger partial charge in [0, 0.05) is 17.8 Å². The minimum atomic E-state index is -0.714. The molecule has 0 radical (unpaired) electrons. The maximum atomic E-state index is 13.2. The number of nitrogens with one attached hydrogen (secondary N) is 2. The summed E-state index contributed by atoms with van der Waals surface area (Å²) >= 11 is 0. The van der Waals surface area contributed by atoms with Gasteiger partial charge in [0.2, 0.25) is 11.8 Å². The first-order valence-electron chi connectivity index (χ1n) is 6.68. The van der Waals surface area contributed by atoms with E-state index in [-0.39, 0.29) is 12.3 Å². The van der Waals surface area contributed by atoms with Gasteiger partial charge in [-0.05, 0) is 42.0 Å². The maximum absolute atomic E-state index is 13.2. The van der Waals surface area contributed by atoms with Gasteiger partial charge in [0.15, 0.2) is 0 Å². The summed E-state index contributed by atoms with van der Waals surface area (Å²) in [5, 5.41) is 5.18. The summed E-state index contributed by atoms with van der Waals surface area (Å²) in [6.07, 6.45) is -0.0222. The number of hydrogen-bond donors (Lipinski definition) is 2. The topological polar surface area (TPSA) is 58.2 Å². The molecule has 4 nitrogen and oxygen atoms in total. The lowest BCUT2D eigenvalue weighted by molar-refractivity contribution is -0.123. The molecule has 2 aromatic rings.